The molecule has 0 amide bonds. The lowest BCUT2D eigenvalue weighted by atomic mass is 10.2. The molecule has 2 heterocycles. The molecule has 0 spiro atoms. The van der Waals surface area contributed by atoms with Gasteiger partial charge in [0.15, 0.2) is 5.82 Å². The molecule has 4 aromatic rings. The van der Waals surface area contributed by atoms with E-state index in [1.165, 1.54) is 12.1 Å². The molecule has 0 aliphatic heterocycles. The number of nitrogen functional groups attached to an aromatic ring is 1. The van der Waals surface area contributed by atoms with Gasteiger partial charge in [0.1, 0.15) is 11.3 Å². The van der Waals surface area contributed by atoms with Gasteiger partial charge in [-0.15, -0.1) is 0 Å². The largest absolute Gasteiger partial charge is 0.382 e. The third kappa shape index (κ3) is 5.17. The minimum Gasteiger partial charge on any atom is -0.382 e. The lowest BCUT2D eigenvalue weighted by Gasteiger charge is -2.11. The lowest BCUT2D eigenvalue weighted by Crippen LogP contribution is -2.25. The van der Waals surface area contributed by atoms with Crippen LogP contribution in [-0.4, -0.2) is 34.4 Å². The van der Waals surface area contributed by atoms with Crippen LogP contribution in [0.1, 0.15) is 44.0 Å². The molecule has 11 heteroatoms. The van der Waals surface area contributed by atoms with Crippen LogP contribution < -0.4 is 10.5 Å². The number of rotatable bonds is 11. The predicted octanol–water partition coefficient (Wildman–Crippen LogP) is 4.48. The number of nitro groups is 1. The van der Waals surface area contributed by atoms with E-state index in [-0.39, 0.29) is 17.1 Å². The molecule has 36 heavy (non-hydrogen) atoms. The van der Waals surface area contributed by atoms with Gasteiger partial charge in [-0.1, -0.05) is 37.6 Å². The van der Waals surface area contributed by atoms with Crippen molar-refractivity contribution in [1.82, 2.24) is 19.3 Å². The van der Waals surface area contributed by atoms with Gasteiger partial charge >= 0.3 is 0 Å². The van der Waals surface area contributed by atoms with Crippen molar-refractivity contribution >= 4 is 43.5 Å². The molecule has 0 aliphatic rings. The highest BCUT2D eigenvalue weighted by atomic mass is 32.2. The molecule has 0 fully saturated rings. The van der Waals surface area contributed by atoms with E-state index in [9.17, 15) is 18.5 Å². The minimum atomic E-state index is -3.85. The van der Waals surface area contributed by atoms with Gasteiger partial charge in [-0.25, -0.2) is 23.1 Å². The summed E-state index contributed by atoms with van der Waals surface area (Å²) >= 11 is 0. The molecule has 2 aromatic heterocycles. The van der Waals surface area contributed by atoms with E-state index >= 15 is 0 Å². The number of hydrogen-bond donors (Lipinski definition) is 2. The fraction of sp³-hybridized carbons (Fsp3) is 0.360. The molecule has 0 unspecified atom stereocenters. The fourth-order valence-corrected chi connectivity index (χ4v) is 5.40. The Morgan fingerprint density at radius 1 is 1.11 bits per heavy atom. The second kappa shape index (κ2) is 10.6. The zero-order chi connectivity index (χ0) is 25.9. The minimum absolute atomic E-state index is 0.114. The van der Waals surface area contributed by atoms with Crippen LogP contribution in [-0.2, 0) is 23.0 Å². The molecule has 10 nitrogen and oxygen atoms in total. The second-order valence-electron chi connectivity index (χ2n) is 8.80. The topological polar surface area (TPSA) is 146 Å². The van der Waals surface area contributed by atoms with E-state index < -0.39 is 14.9 Å². The van der Waals surface area contributed by atoms with Crippen molar-refractivity contribution in [3.63, 3.8) is 0 Å². The van der Waals surface area contributed by atoms with E-state index in [1.807, 2.05) is 24.3 Å². The number of unbranched alkanes of at least 4 members (excludes halogenated alkanes) is 2. The first-order valence-corrected chi connectivity index (χ1v) is 13.5. The first-order chi connectivity index (χ1) is 17.2. The van der Waals surface area contributed by atoms with E-state index in [2.05, 4.69) is 21.2 Å². The van der Waals surface area contributed by atoms with Crippen molar-refractivity contribution in [2.75, 3.05) is 12.3 Å². The van der Waals surface area contributed by atoms with Crippen LogP contribution in [0.2, 0.25) is 0 Å². The SMILES string of the molecule is CCCCc1nc2c(N)nc3ccccc3c2n1CCCCNS(=O)(=O)c1ccc(C)c([N+](=O)[O-])c1. The summed E-state index contributed by atoms with van der Waals surface area (Å²) in [6.07, 6.45) is 4.14. The van der Waals surface area contributed by atoms with Crippen molar-refractivity contribution in [1.29, 1.82) is 0 Å². The number of nitrogens with two attached hydrogens (primary N) is 1. The van der Waals surface area contributed by atoms with Crippen molar-refractivity contribution in [3.05, 3.63) is 64.0 Å². The van der Waals surface area contributed by atoms with Crippen LogP contribution in [0, 0.1) is 17.0 Å². The molecule has 0 aliphatic carbocycles. The van der Waals surface area contributed by atoms with Gasteiger partial charge in [-0.3, -0.25) is 10.1 Å². The Balaban J connectivity index is 1.50. The number of benzene rings is 2. The Labute approximate surface area is 209 Å². The van der Waals surface area contributed by atoms with Gasteiger partial charge in [0.05, 0.1) is 20.9 Å². The average Bonchev–Trinajstić information content (AvgIpc) is 3.21. The standard InChI is InChI=1S/C25H30N6O4S/c1-3-4-11-22-29-23-24(19-9-5-6-10-20(19)28-25(23)26)30(22)15-8-7-14-27-36(34,35)18-13-12-17(2)21(16-18)31(32)33/h5-6,9-10,12-13,16,27H,3-4,7-8,11,14-15H2,1-2H3,(H2,26,28). The first kappa shape index (κ1) is 25.5. The maximum absolute atomic E-state index is 12.7. The van der Waals surface area contributed by atoms with Crippen molar-refractivity contribution in [2.45, 2.75) is 57.4 Å². The summed E-state index contributed by atoms with van der Waals surface area (Å²) in [4.78, 5) is 19.8. The molecule has 2 aromatic carbocycles. The third-order valence-electron chi connectivity index (χ3n) is 6.23. The second-order valence-corrected chi connectivity index (χ2v) is 10.6. The highest BCUT2D eigenvalue weighted by Gasteiger charge is 2.20. The fourth-order valence-electron chi connectivity index (χ4n) is 4.31. The molecule has 3 N–H and O–H groups in total. The number of hydrogen-bond acceptors (Lipinski definition) is 7. The molecule has 4 rings (SSSR count). The number of aryl methyl sites for hydroxylation is 3. The number of fused-ring (bicyclic) bond motifs is 3. The summed E-state index contributed by atoms with van der Waals surface area (Å²) < 4.78 is 30.1. The number of nitro benzene ring substituents is 1. The number of pyridine rings is 1. The molecular weight excluding hydrogens is 480 g/mol. The Hall–Kier alpha value is -3.57. The van der Waals surface area contributed by atoms with Crippen molar-refractivity contribution < 1.29 is 13.3 Å². The Morgan fingerprint density at radius 2 is 1.89 bits per heavy atom. The number of nitrogens with one attached hydrogen (secondary N) is 1. The van der Waals surface area contributed by atoms with Gasteiger partial charge in [0.25, 0.3) is 5.69 Å². The van der Waals surface area contributed by atoms with Crippen LogP contribution in [0.3, 0.4) is 0 Å². The molecule has 0 saturated heterocycles. The highest BCUT2D eigenvalue weighted by molar-refractivity contribution is 7.89. The number of aromatic nitrogens is 3. The first-order valence-electron chi connectivity index (χ1n) is 12.0. The molecule has 0 bridgehead atoms. The zero-order valence-corrected chi connectivity index (χ0v) is 21.2. The number of para-hydroxylation sites is 1. The molecule has 190 valence electrons. The summed E-state index contributed by atoms with van der Waals surface area (Å²) in [6, 6.07) is 11.8. The molecular formula is C25H30N6O4S. The zero-order valence-electron chi connectivity index (χ0n) is 20.4. The summed E-state index contributed by atoms with van der Waals surface area (Å²) in [5.74, 6) is 1.35. The molecule has 0 atom stereocenters. The van der Waals surface area contributed by atoms with E-state index in [0.717, 1.165) is 47.6 Å². The third-order valence-corrected chi connectivity index (χ3v) is 7.69. The van der Waals surface area contributed by atoms with Gasteiger partial charge in [0, 0.05) is 36.5 Å². The van der Waals surface area contributed by atoms with Crippen molar-refractivity contribution in [3.8, 4) is 0 Å². The van der Waals surface area contributed by atoms with E-state index in [0.29, 0.717) is 36.3 Å². The van der Waals surface area contributed by atoms with Crippen LogP contribution >= 0.6 is 0 Å². The van der Waals surface area contributed by atoms with E-state index in [1.54, 1.807) is 6.92 Å². The van der Waals surface area contributed by atoms with Gasteiger partial charge < -0.3 is 10.3 Å². The van der Waals surface area contributed by atoms with Crippen LogP contribution in [0.25, 0.3) is 21.9 Å². The highest BCUT2D eigenvalue weighted by Crippen LogP contribution is 2.29. The van der Waals surface area contributed by atoms with Crippen LogP contribution in [0.15, 0.2) is 47.4 Å². The smallest absolute Gasteiger partial charge is 0.273 e. The number of anilines is 1. The summed E-state index contributed by atoms with van der Waals surface area (Å²) in [5, 5.41) is 12.2. The Bertz CT molecular complexity index is 1530. The quantitative estimate of drug-likeness (QED) is 0.172. The van der Waals surface area contributed by atoms with Gasteiger partial charge in [0.2, 0.25) is 10.0 Å². The Kier molecular flexibility index (Phi) is 7.51. The number of sulfonamides is 1. The van der Waals surface area contributed by atoms with Gasteiger partial charge in [-0.2, -0.15) is 0 Å². The molecule has 0 saturated carbocycles. The predicted molar refractivity (Wildman–Crippen MR) is 140 cm³/mol. The number of nitrogens with zero attached hydrogens (tertiary/aromatic N) is 4. The molecule has 0 radical (unpaired) electrons. The Morgan fingerprint density at radius 3 is 2.64 bits per heavy atom. The maximum Gasteiger partial charge on any atom is 0.273 e. The maximum atomic E-state index is 12.7. The van der Waals surface area contributed by atoms with Gasteiger partial charge in [-0.05, 0) is 38.3 Å². The summed E-state index contributed by atoms with van der Waals surface area (Å²) in [7, 11) is -3.85. The van der Waals surface area contributed by atoms with Crippen molar-refractivity contribution in [2.24, 2.45) is 0 Å². The van der Waals surface area contributed by atoms with Crippen LogP contribution in [0.5, 0.6) is 0 Å². The summed E-state index contributed by atoms with van der Waals surface area (Å²) in [5.41, 5.74) is 8.90. The summed E-state index contributed by atoms with van der Waals surface area (Å²) in [6.45, 7) is 4.57. The number of imidazole rings is 1. The van der Waals surface area contributed by atoms with Crippen LogP contribution in [0.4, 0.5) is 11.5 Å². The van der Waals surface area contributed by atoms with E-state index in [4.69, 9.17) is 10.7 Å². The lowest BCUT2D eigenvalue weighted by molar-refractivity contribution is -0.385. The average molecular weight is 511 g/mol. The normalized spacial score (nSPS) is 11.9. The monoisotopic (exact) mass is 510 g/mol.